The molecule has 0 rings (SSSR count). The zero-order valence-electron chi connectivity index (χ0n) is 15.3. The Labute approximate surface area is 147 Å². The number of hydrogen-bond acceptors (Lipinski definition) is 9. The second-order valence-electron chi connectivity index (χ2n) is 6.28. The van der Waals surface area contributed by atoms with Crippen molar-refractivity contribution >= 4 is 17.9 Å². The van der Waals surface area contributed by atoms with Crippen LogP contribution >= 0.6 is 0 Å². The van der Waals surface area contributed by atoms with Gasteiger partial charge in [0.2, 0.25) is 0 Å². The predicted molar refractivity (Wildman–Crippen MR) is 85.9 cm³/mol. The lowest BCUT2D eigenvalue weighted by Gasteiger charge is -2.28. The first-order valence-corrected chi connectivity index (χ1v) is 7.90. The lowest BCUT2D eigenvalue weighted by Crippen LogP contribution is -2.37. The average Bonchev–Trinajstić information content (AvgIpc) is 2.47. The van der Waals surface area contributed by atoms with E-state index in [4.69, 9.17) is 19.3 Å². The molecule has 2 N–H and O–H groups in total. The van der Waals surface area contributed by atoms with Crippen LogP contribution in [0.15, 0.2) is 0 Å². The summed E-state index contributed by atoms with van der Waals surface area (Å²) < 4.78 is 19.8. The highest BCUT2D eigenvalue weighted by atomic mass is 16.7. The van der Waals surface area contributed by atoms with Gasteiger partial charge in [-0.1, -0.05) is 0 Å². The summed E-state index contributed by atoms with van der Waals surface area (Å²) in [5, 5.41) is 19.0. The molecule has 0 aliphatic heterocycles. The number of carbonyl (C=O) groups is 3. The van der Waals surface area contributed by atoms with Crippen LogP contribution in [0, 0.1) is 0 Å². The maximum absolute atomic E-state index is 11.8. The van der Waals surface area contributed by atoms with Crippen LogP contribution in [0.2, 0.25) is 0 Å². The summed E-state index contributed by atoms with van der Waals surface area (Å²) in [5.41, 5.74) is -1.08. The molecule has 9 heteroatoms. The van der Waals surface area contributed by atoms with Gasteiger partial charge in [0.1, 0.15) is 18.3 Å². The molecule has 9 nitrogen and oxygen atoms in total. The lowest BCUT2D eigenvalue weighted by molar-refractivity contribution is -0.146. The van der Waals surface area contributed by atoms with Gasteiger partial charge in [0.15, 0.2) is 11.9 Å². The lowest BCUT2D eigenvalue weighted by atomic mass is 10.0. The van der Waals surface area contributed by atoms with E-state index in [1.54, 1.807) is 20.8 Å². The average molecular weight is 364 g/mol. The third-order valence-electron chi connectivity index (χ3n) is 3.14. The van der Waals surface area contributed by atoms with Crippen LogP contribution in [0.25, 0.3) is 0 Å². The predicted octanol–water partition coefficient (Wildman–Crippen LogP) is 0.587. The molecule has 0 saturated heterocycles. The molecule has 0 saturated carbocycles. The van der Waals surface area contributed by atoms with E-state index in [0.717, 1.165) is 0 Å². The summed E-state index contributed by atoms with van der Waals surface area (Å²) in [6.45, 7) is 6.35. The van der Waals surface area contributed by atoms with Gasteiger partial charge in [-0.25, -0.2) is 4.79 Å². The Bertz CT molecular complexity index is 447. The Morgan fingerprint density at radius 1 is 1.12 bits per heavy atom. The second kappa shape index (κ2) is 11.0. The van der Waals surface area contributed by atoms with Crippen LogP contribution in [-0.4, -0.2) is 71.9 Å². The van der Waals surface area contributed by atoms with Crippen molar-refractivity contribution in [3.63, 3.8) is 0 Å². The third-order valence-corrected chi connectivity index (χ3v) is 3.14. The first-order chi connectivity index (χ1) is 11.5. The van der Waals surface area contributed by atoms with Gasteiger partial charge in [-0.05, 0) is 27.7 Å². The van der Waals surface area contributed by atoms with Gasteiger partial charge in [-0.15, -0.1) is 0 Å². The van der Waals surface area contributed by atoms with E-state index >= 15 is 0 Å². The van der Waals surface area contributed by atoms with Gasteiger partial charge in [-0.3, -0.25) is 9.59 Å². The van der Waals surface area contributed by atoms with Crippen LogP contribution in [0.5, 0.6) is 0 Å². The minimum Gasteiger partial charge on any atom is -0.462 e. The summed E-state index contributed by atoms with van der Waals surface area (Å²) in [6.07, 6.45) is -3.66. The van der Waals surface area contributed by atoms with Crippen molar-refractivity contribution in [1.82, 2.24) is 0 Å². The summed E-state index contributed by atoms with van der Waals surface area (Å²) in [4.78, 5) is 33.5. The fourth-order valence-electron chi connectivity index (χ4n) is 1.76. The van der Waals surface area contributed by atoms with Gasteiger partial charge in [0, 0.05) is 13.3 Å². The Balaban J connectivity index is 4.36. The Morgan fingerprint density at radius 3 is 2.20 bits per heavy atom. The molecule has 0 aromatic rings. The van der Waals surface area contributed by atoms with Crippen LogP contribution in [0.4, 0.5) is 4.79 Å². The number of ketones is 1. The topological polar surface area (TPSA) is 129 Å². The molecule has 0 heterocycles. The Morgan fingerprint density at radius 2 is 1.72 bits per heavy atom. The van der Waals surface area contributed by atoms with Crippen molar-refractivity contribution in [3.8, 4) is 0 Å². The zero-order valence-corrected chi connectivity index (χ0v) is 15.3. The smallest absolute Gasteiger partial charge is 0.462 e. The minimum atomic E-state index is -1.08. The molecule has 0 radical (unpaired) electrons. The molecular weight excluding hydrogens is 336 g/mol. The largest absolute Gasteiger partial charge is 0.509 e. The summed E-state index contributed by atoms with van der Waals surface area (Å²) >= 11 is 0. The van der Waals surface area contributed by atoms with Crippen molar-refractivity contribution in [2.24, 2.45) is 0 Å². The number of ether oxygens (including phenoxy) is 4. The summed E-state index contributed by atoms with van der Waals surface area (Å²) in [6, 6.07) is 0. The Kier molecular flexibility index (Phi) is 10.3. The molecule has 3 atom stereocenters. The highest BCUT2D eigenvalue weighted by Gasteiger charge is 2.29. The second-order valence-corrected chi connectivity index (χ2v) is 6.28. The number of hydrogen-bond donors (Lipinski definition) is 2. The SMILES string of the molecule is CC(=O)OCC(CO)OC(=O)OC(C)(C)CC(O)COC(C)C(C)=O. The third kappa shape index (κ3) is 11.5. The van der Waals surface area contributed by atoms with Gasteiger partial charge >= 0.3 is 12.1 Å². The van der Waals surface area contributed by atoms with Gasteiger partial charge < -0.3 is 29.2 Å². The first kappa shape index (κ1) is 23.3. The monoisotopic (exact) mass is 364 g/mol. The van der Waals surface area contributed by atoms with E-state index in [-0.39, 0.29) is 25.4 Å². The number of Topliss-reactive ketones (excluding diaryl/α,β-unsaturated/α-hetero) is 1. The summed E-state index contributed by atoms with van der Waals surface area (Å²) in [5.74, 6) is -0.729. The molecule has 0 amide bonds. The van der Waals surface area contributed by atoms with E-state index < -0.39 is 42.6 Å². The van der Waals surface area contributed by atoms with Crippen LogP contribution in [0.3, 0.4) is 0 Å². The van der Waals surface area contributed by atoms with E-state index in [2.05, 4.69) is 4.74 Å². The fraction of sp³-hybridized carbons (Fsp3) is 0.812. The number of rotatable bonds is 11. The Hall–Kier alpha value is -1.71. The van der Waals surface area contributed by atoms with Gasteiger partial charge in [-0.2, -0.15) is 0 Å². The van der Waals surface area contributed by atoms with E-state index in [1.165, 1.54) is 13.8 Å². The summed E-state index contributed by atoms with van der Waals surface area (Å²) in [7, 11) is 0. The molecule has 0 bridgehead atoms. The highest BCUT2D eigenvalue weighted by molar-refractivity contribution is 5.79. The maximum Gasteiger partial charge on any atom is 0.509 e. The zero-order chi connectivity index (χ0) is 19.6. The van der Waals surface area contributed by atoms with Gasteiger partial charge in [0.05, 0.1) is 19.3 Å². The molecule has 146 valence electrons. The van der Waals surface area contributed by atoms with Crippen molar-refractivity contribution in [2.45, 2.75) is 65.0 Å². The van der Waals surface area contributed by atoms with Crippen molar-refractivity contribution in [2.75, 3.05) is 19.8 Å². The number of aliphatic hydroxyl groups excluding tert-OH is 2. The quantitative estimate of drug-likeness (QED) is 0.506. The molecule has 0 fully saturated rings. The van der Waals surface area contributed by atoms with E-state index in [9.17, 15) is 19.5 Å². The standard InChI is InChI=1S/C16H28O9/c1-10(18)11(2)22-8-13(20)6-16(4,5)25-15(21)24-14(7-17)9-23-12(3)19/h11,13-14,17,20H,6-9H2,1-5H3. The van der Waals surface area contributed by atoms with Crippen molar-refractivity contribution < 1.29 is 43.5 Å². The number of aliphatic hydroxyl groups is 2. The molecule has 25 heavy (non-hydrogen) atoms. The highest BCUT2D eigenvalue weighted by Crippen LogP contribution is 2.19. The molecule has 0 aromatic heterocycles. The van der Waals surface area contributed by atoms with Crippen molar-refractivity contribution in [3.05, 3.63) is 0 Å². The van der Waals surface area contributed by atoms with Crippen molar-refractivity contribution in [1.29, 1.82) is 0 Å². The molecule has 0 aliphatic carbocycles. The minimum absolute atomic E-state index is 0.0421. The number of carbonyl (C=O) groups excluding carboxylic acids is 3. The first-order valence-electron chi connectivity index (χ1n) is 7.90. The normalized spacial score (nSPS) is 15.0. The van der Waals surface area contributed by atoms with Gasteiger partial charge in [0.25, 0.3) is 0 Å². The molecule has 0 aromatic carbocycles. The molecular formula is C16H28O9. The molecule has 0 aliphatic rings. The van der Waals surface area contributed by atoms with Crippen LogP contribution in [0.1, 0.15) is 41.0 Å². The van der Waals surface area contributed by atoms with Crippen LogP contribution in [-0.2, 0) is 28.5 Å². The molecule has 0 spiro atoms. The maximum atomic E-state index is 11.8. The van der Waals surface area contributed by atoms with E-state index in [1.807, 2.05) is 0 Å². The number of esters is 1. The fourth-order valence-corrected chi connectivity index (χ4v) is 1.76. The van der Waals surface area contributed by atoms with Crippen LogP contribution < -0.4 is 0 Å². The molecule has 3 unspecified atom stereocenters. The van der Waals surface area contributed by atoms with E-state index in [0.29, 0.717) is 0 Å².